The van der Waals surface area contributed by atoms with Crippen molar-refractivity contribution in [3.8, 4) is 0 Å². The van der Waals surface area contributed by atoms with Gasteiger partial charge in [0.05, 0.1) is 0 Å². The second kappa shape index (κ2) is 7.53. The number of anilines is 6. The third kappa shape index (κ3) is 3.85. The molecule has 1 heterocycles. The van der Waals surface area contributed by atoms with E-state index in [1.165, 1.54) is 0 Å². The molecule has 0 saturated heterocycles. The summed E-state index contributed by atoms with van der Waals surface area (Å²) in [7, 11) is 0. The van der Waals surface area contributed by atoms with Gasteiger partial charge in [-0.2, -0.15) is 15.0 Å². The van der Waals surface area contributed by atoms with Crippen LogP contribution in [-0.4, -0.2) is 15.0 Å². The molecule has 0 aliphatic carbocycles. The highest BCUT2D eigenvalue weighted by atomic mass is 15.3. The zero-order chi connectivity index (χ0) is 18.5. The van der Waals surface area contributed by atoms with E-state index in [1.54, 1.807) is 0 Å². The Morgan fingerprint density at radius 2 is 1.15 bits per heavy atom. The lowest BCUT2D eigenvalue weighted by Crippen LogP contribution is -2.16. The summed E-state index contributed by atoms with van der Waals surface area (Å²) in [6.07, 6.45) is 0. The van der Waals surface area contributed by atoms with Gasteiger partial charge in [0.15, 0.2) is 0 Å². The van der Waals surface area contributed by atoms with Gasteiger partial charge in [-0.25, -0.2) is 0 Å². The van der Waals surface area contributed by atoms with Crippen molar-refractivity contribution in [3.05, 3.63) is 91.0 Å². The molecule has 0 aliphatic rings. The monoisotopic (exact) mass is 354 g/mol. The predicted octanol–water partition coefficient (Wildman–Crippen LogP) is 4.67. The predicted molar refractivity (Wildman–Crippen MR) is 109 cm³/mol. The molecule has 0 unspecified atom stereocenters. The Bertz CT molecular complexity index is 967. The fraction of sp³-hybridized carbons (Fsp3) is 0. The van der Waals surface area contributed by atoms with Crippen molar-refractivity contribution in [2.45, 2.75) is 0 Å². The number of hydrogen-bond donors (Lipinski definition) is 2. The Labute approximate surface area is 157 Å². The first-order chi connectivity index (χ1) is 13.3. The summed E-state index contributed by atoms with van der Waals surface area (Å²) in [5.41, 5.74) is 8.71. The number of rotatable bonds is 5. The van der Waals surface area contributed by atoms with Gasteiger partial charge in [-0.05, 0) is 36.4 Å². The van der Waals surface area contributed by atoms with Crippen molar-refractivity contribution in [1.82, 2.24) is 15.0 Å². The summed E-state index contributed by atoms with van der Waals surface area (Å²) in [4.78, 5) is 15.1. The average Bonchev–Trinajstić information content (AvgIpc) is 2.70. The molecule has 0 radical (unpaired) electrons. The number of nitrogens with two attached hydrogens (primary N) is 1. The lowest BCUT2D eigenvalue weighted by atomic mass is 10.2. The number of nitrogens with one attached hydrogen (secondary N) is 1. The largest absolute Gasteiger partial charge is 0.368 e. The highest BCUT2D eigenvalue weighted by molar-refractivity contribution is 5.73. The Hall–Kier alpha value is -3.93. The lowest BCUT2D eigenvalue weighted by Gasteiger charge is -2.23. The zero-order valence-corrected chi connectivity index (χ0v) is 14.5. The van der Waals surface area contributed by atoms with Crippen LogP contribution in [-0.2, 0) is 0 Å². The molecule has 0 fully saturated rings. The van der Waals surface area contributed by atoms with E-state index in [0.29, 0.717) is 11.9 Å². The van der Waals surface area contributed by atoms with Gasteiger partial charge >= 0.3 is 0 Å². The fourth-order valence-electron chi connectivity index (χ4n) is 2.72. The molecule has 0 bridgehead atoms. The van der Waals surface area contributed by atoms with Crippen LogP contribution in [0.5, 0.6) is 0 Å². The van der Waals surface area contributed by atoms with Gasteiger partial charge in [0.2, 0.25) is 17.8 Å². The highest BCUT2D eigenvalue weighted by Crippen LogP contribution is 2.32. The van der Waals surface area contributed by atoms with Crippen LogP contribution in [0.4, 0.5) is 34.9 Å². The summed E-state index contributed by atoms with van der Waals surface area (Å²) in [6.45, 7) is 0. The summed E-state index contributed by atoms with van der Waals surface area (Å²) >= 11 is 0. The summed E-state index contributed by atoms with van der Waals surface area (Å²) in [5, 5.41) is 3.17. The normalized spacial score (nSPS) is 10.4. The second-order valence-electron chi connectivity index (χ2n) is 5.81. The molecule has 4 rings (SSSR count). The van der Waals surface area contributed by atoms with E-state index >= 15 is 0 Å². The van der Waals surface area contributed by atoms with Gasteiger partial charge in [0.25, 0.3) is 0 Å². The van der Waals surface area contributed by atoms with Crippen LogP contribution in [0.15, 0.2) is 91.0 Å². The zero-order valence-electron chi connectivity index (χ0n) is 14.5. The van der Waals surface area contributed by atoms with Gasteiger partial charge in [0, 0.05) is 17.1 Å². The third-order valence-electron chi connectivity index (χ3n) is 3.90. The molecular weight excluding hydrogens is 336 g/mol. The van der Waals surface area contributed by atoms with Crippen molar-refractivity contribution >= 4 is 34.9 Å². The molecule has 1 aromatic heterocycles. The van der Waals surface area contributed by atoms with Crippen LogP contribution in [0.2, 0.25) is 0 Å². The maximum Gasteiger partial charge on any atom is 0.241 e. The Kier molecular flexibility index (Phi) is 4.61. The topological polar surface area (TPSA) is 80.0 Å². The minimum absolute atomic E-state index is 0.148. The molecule has 0 spiro atoms. The number of nitrogens with zero attached hydrogens (tertiary/aromatic N) is 4. The lowest BCUT2D eigenvalue weighted by molar-refractivity contribution is 1.03. The summed E-state index contributed by atoms with van der Waals surface area (Å²) < 4.78 is 0. The van der Waals surface area contributed by atoms with Crippen LogP contribution in [0.3, 0.4) is 0 Å². The number of hydrogen-bond acceptors (Lipinski definition) is 6. The van der Waals surface area contributed by atoms with Crippen molar-refractivity contribution in [3.63, 3.8) is 0 Å². The van der Waals surface area contributed by atoms with Gasteiger partial charge in [0.1, 0.15) is 0 Å². The Morgan fingerprint density at radius 1 is 0.630 bits per heavy atom. The van der Waals surface area contributed by atoms with Crippen molar-refractivity contribution < 1.29 is 0 Å². The molecule has 3 N–H and O–H groups in total. The van der Waals surface area contributed by atoms with E-state index in [2.05, 4.69) is 20.3 Å². The van der Waals surface area contributed by atoms with E-state index in [4.69, 9.17) is 5.73 Å². The minimum Gasteiger partial charge on any atom is -0.368 e. The average molecular weight is 354 g/mol. The first kappa shape index (κ1) is 16.5. The maximum atomic E-state index is 5.98. The first-order valence-corrected chi connectivity index (χ1v) is 8.53. The van der Waals surface area contributed by atoms with Gasteiger partial charge in [-0.1, -0.05) is 54.6 Å². The smallest absolute Gasteiger partial charge is 0.241 e. The van der Waals surface area contributed by atoms with Crippen molar-refractivity contribution in [1.29, 1.82) is 0 Å². The quantitative estimate of drug-likeness (QED) is 0.542. The summed E-state index contributed by atoms with van der Waals surface area (Å²) in [6, 6.07) is 29.5. The van der Waals surface area contributed by atoms with E-state index < -0.39 is 0 Å². The molecule has 0 amide bonds. The Morgan fingerprint density at radius 3 is 1.70 bits per heavy atom. The van der Waals surface area contributed by atoms with Crippen molar-refractivity contribution in [2.75, 3.05) is 16.0 Å². The molecule has 0 saturated carbocycles. The number of aromatic nitrogens is 3. The number of nitrogen functional groups attached to an aromatic ring is 1. The van der Waals surface area contributed by atoms with E-state index in [0.717, 1.165) is 17.1 Å². The molecular formula is C21H18N6. The molecule has 6 heteroatoms. The Balaban J connectivity index is 1.78. The van der Waals surface area contributed by atoms with Crippen LogP contribution in [0, 0.1) is 0 Å². The molecule has 4 aromatic rings. The van der Waals surface area contributed by atoms with Crippen molar-refractivity contribution in [2.24, 2.45) is 0 Å². The van der Waals surface area contributed by atoms with Gasteiger partial charge in [-0.3, -0.25) is 4.90 Å². The first-order valence-electron chi connectivity index (χ1n) is 8.53. The van der Waals surface area contributed by atoms with Crippen LogP contribution in [0.25, 0.3) is 0 Å². The summed E-state index contributed by atoms with van der Waals surface area (Å²) in [5.74, 6) is 0.981. The molecule has 27 heavy (non-hydrogen) atoms. The van der Waals surface area contributed by atoms with Gasteiger partial charge in [-0.15, -0.1) is 0 Å². The van der Waals surface area contributed by atoms with E-state index in [9.17, 15) is 0 Å². The molecule has 6 nitrogen and oxygen atoms in total. The van der Waals surface area contributed by atoms with Gasteiger partial charge < -0.3 is 11.1 Å². The second-order valence-corrected chi connectivity index (χ2v) is 5.81. The highest BCUT2D eigenvalue weighted by Gasteiger charge is 2.17. The SMILES string of the molecule is Nc1nc(Nc2ccccc2)nc(N(c2ccccc2)c2ccccc2)n1. The molecule has 0 aliphatic heterocycles. The molecule has 0 atom stereocenters. The number of para-hydroxylation sites is 3. The minimum atomic E-state index is 0.148. The fourth-order valence-corrected chi connectivity index (χ4v) is 2.72. The van der Waals surface area contributed by atoms with Crippen LogP contribution < -0.4 is 16.0 Å². The van der Waals surface area contributed by atoms with Crippen LogP contribution >= 0.6 is 0 Å². The van der Waals surface area contributed by atoms with E-state index in [-0.39, 0.29) is 5.95 Å². The maximum absolute atomic E-state index is 5.98. The third-order valence-corrected chi connectivity index (χ3v) is 3.90. The molecule has 132 valence electrons. The van der Waals surface area contributed by atoms with Crippen LogP contribution in [0.1, 0.15) is 0 Å². The van der Waals surface area contributed by atoms with E-state index in [1.807, 2.05) is 95.9 Å². The molecule has 3 aromatic carbocycles. The standard InChI is InChI=1S/C21H18N6/c22-19-24-20(23-16-10-4-1-5-11-16)26-21(25-19)27(17-12-6-2-7-13-17)18-14-8-3-9-15-18/h1-15H,(H3,22,23,24,25,26). The number of benzene rings is 3.